The SMILES string of the molecule is Cc1cccc(S(=O)(=O)N(C)C2C=CC(N3CCCC(CCC(=O)O)C3)C2)c1.Cl. The second-order valence-corrected chi connectivity index (χ2v) is 10.0. The average Bonchev–Trinajstić information content (AvgIpc) is 3.16. The molecule has 1 aromatic rings. The van der Waals surface area contributed by atoms with Crippen molar-refractivity contribution in [2.45, 2.75) is 56.0 Å². The fourth-order valence-electron chi connectivity index (χ4n) is 4.28. The van der Waals surface area contributed by atoms with Gasteiger partial charge in [-0.3, -0.25) is 9.69 Å². The average molecular weight is 443 g/mol. The van der Waals surface area contributed by atoms with Crippen LogP contribution in [-0.4, -0.2) is 60.9 Å². The number of sulfonamides is 1. The van der Waals surface area contributed by atoms with E-state index in [1.54, 1.807) is 25.2 Å². The molecule has 0 saturated carbocycles. The Balaban J connectivity index is 0.00000300. The topological polar surface area (TPSA) is 77.9 Å². The summed E-state index contributed by atoms with van der Waals surface area (Å²) in [4.78, 5) is 13.6. The Morgan fingerprint density at radius 1 is 1.31 bits per heavy atom. The van der Waals surface area contributed by atoms with E-state index in [0.717, 1.165) is 37.9 Å². The quantitative estimate of drug-likeness (QED) is 0.655. The molecule has 162 valence electrons. The number of likely N-dealkylation sites (N-methyl/N-ethyl adjacent to an activating group) is 1. The number of aliphatic carboxylic acids is 1. The fourth-order valence-corrected chi connectivity index (χ4v) is 5.71. The monoisotopic (exact) mass is 442 g/mol. The lowest BCUT2D eigenvalue weighted by atomic mass is 9.92. The van der Waals surface area contributed by atoms with Crippen molar-refractivity contribution < 1.29 is 18.3 Å². The number of aryl methyl sites for hydroxylation is 1. The van der Waals surface area contributed by atoms with Gasteiger partial charge >= 0.3 is 5.97 Å². The number of hydrogen-bond donors (Lipinski definition) is 1. The van der Waals surface area contributed by atoms with Crippen LogP contribution in [0.1, 0.15) is 37.7 Å². The van der Waals surface area contributed by atoms with E-state index in [9.17, 15) is 13.2 Å². The molecule has 1 aliphatic heterocycles. The number of halogens is 1. The lowest BCUT2D eigenvalue weighted by Gasteiger charge is -2.37. The molecule has 0 amide bonds. The van der Waals surface area contributed by atoms with Crippen LogP contribution in [-0.2, 0) is 14.8 Å². The maximum Gasteiger partial charge on any atom is 0.303 e. The highest BCUT2D eigenvalue weighted by molar-refractivity contribution is 7.89. The fraction of sp³-hybridized carbons (Fsp3) is 0.571. The number of rotatable bonds is 7. The summed E-state index contributed by atoms with van der Waals surface area (Å²) in [6.07, 6.45) is 7.94. The molecule has 6 nitrogen and oxygen atoms in total. The van der Waals surface area contributed by atoms with Crippen LogP contribution in [0.4, 0.5) is 0 Å². The van der Waals surface area contributed by atoms with E-state index in [0.29, 0.717) is 17.2 Å². The van der Waals surface area contributed by atoms with Crippen LogP contribution in [0.5, 0.6) is 0 Å². The summed E-state index contributed by atoms with van der Waals surface area (Å²) in [6, 6.07) is 7.07. The zero-order valence-corrected chi connectivity index (χ0v) is 18.7. The Kier molecular flexibility index (Phi) is 8.28. The maximum absolute atomic E-state index is 13.0. The molecule has 1 saturated heterocycles. The van der Waals surface area contributed by atoms with Crippen molar-refractivity contribution in [3.63, 3.8) is 0 Å². The number of likely N-dealkylation sites (tertiary alicyclic amines) is 1. The Hall–Kier alpha value is -1.41. The molecule has 3 rings (SSSR count). The zero-order valence-electron chi connectivity index (χ0n) is 17.0. The van der Waals surface area contributed by atoms with Crippen LogP contribution in [0.25, 0.3) is 0 Å². The van der Waals surface area contributed by atoms with Crippen molar-refractivity contribution >= 4 is 28.4 Å². The number of carboxylic acid groups (broad SMARTS) is 1. The number of benzene rings is 1. The molecule has 8 heteroatoms. The Labute approximate surface area is 180 Å². The van der Waals surface area contributed by atoms with Crippen LogP contribution in [0.2, 0.25) is 0 Å². The normalized spacial score (nSPS) is 25.1. The van der Waals surface area contributed by atoms with E-state index in [4.69, 9.17) is 5.11 Å². The van der Waals surface area contributed by atoms with Gasteiger partial charge in [0.1, 0.15) is 0 Å². The lowest BCUT2D eigenvalue weighted by molar-refractivity contribution is -0.137. The smallest absolute Gasteiger partial charge is 0.303 e. The highest BCUT2D eigenvalue weighted by atomic mass is 35.5. The summed E-state index contributed by atoms with van der Waals surface area (Å²) in [7, 11) is -1.88. The summed E-state index contributed by atoms with van der Waals surface area (Å²) in [6.45, 7) is 3.77. The molecular weight excluding hydrogens is 412 g/mol. The molecule has 0 aromatic heterocycles. The molecule has 0 spiro atoms. The molecular formula is C21H31ClN2O4S. The first-order valence-corrected chi connectivity index (χ1v) is 11.4. The van der Waals surface area contributed by atoms with E-state index in [2.05, 4.69) is 11.0 Å². The molecule has 1 N–H and O–H groups in total. The minimum atomic E-state index is -3.53. The van der Waals surface area contributed by atoms with Gasteiger partial charge in [0.2, 0.25) is 10.0 Å². The summed E-state index contributed by atoms with van der Waals surface area (Å²) < 4.78 is 27.4. The van der Waals surface area contributed by atoms with Crippen LogP contribution < -0.4 is 0 Å². The Bertz CT molecular complexity index is 843. The van der Waals surface area contributed by atoms with E-state index < -0.39 is 16.0 Å². The molecule has 1 aromatic carbocycles. The van der Waals surface area contributed by atoms with Crippen molar-refractivity contribution in [1.29, 1.82) is 0 Å². The van der Waals surface area contributed by atoms with Gasteiger partial charge in [-0.05, 0) is 62.8 Å². The van der Waals surface area contributed by atoms with Crippen LogP contribution in [0, 0.1) is 12.8 Å². The van der Waals surface area contributed by atoms with E-state index >= 15 is 0 Å². The Morgan fingerprint density at radius 2 is 2.07 bits per heavy atom. The van der Waals surface area contributed by atoms with Gasteiger partial charge in [0.15, 0.2) is 0 Å². The van der Waals surface area contributed by atoms with Gasteiger partial charge in [0, 0.05) is 32.1 Å². The Morgan fingerprint density at radius 3 is 2.76 bits per heavy atom. The third-order valence-corrected chi connectivity index (χ3v) is 7.84. The molecule has 3 atom stereocenters. The molecule has 29 heavy (non-hydrogen) atoms. The second kappa shape index (κ2) is 10.1. The second-order valence-electron chi connectivity index (χ2n) is 8.03. The maximum atomic E-state index is 13.0. The summed E-state index contributed by atoms with van der Waals surface area (Å²) in [5, 5.41) is 8.92. The van der Waals surface area contributed by atoms with E-state index in [1.165, 1.54) is 4.31 Å². The predicted octanol–water partition coefficient (Wildman–Crippen LogP) is 3.31. The van der Waals surface area contributed by atoms with E-state index in [1.807, 2.05) is 19.1 Å². The van der Waals surface area contributed by atoms with Gasteiger partial charge in [-0.1, -0.05) is 24.3 Å². The minimum absolute atomic E-state index is 0. The number of nitrogens with zero attached hydrogens (tertiary/aromatic N) is 2. The number of carbonyl (C=O) groups is 1. The van der Waals surface area contributed by atoms with Gasteiger partial charge in [-0.15, -0.1) is 12.4 Å². The molecule has 0 bridgehead atoms. The molecule has 1 aliphatic carbocycles. The minimum Gasteiger partial charge on any atom is -0.481 e. The molecule has 1 heterocycles. The predicted molar refractivity (Wildman–Crippen MR) is 116 cm³/mol. The first-order chi connectivity index (χ1) is 13.3. The van der Waals surface area contributed by atoms with Crippen molar-refractivity contribution in [2.75, 3.05) is 20.1 Å². The van der Waals surface area contributed by atoms with Gasteiger partial charge in [0.05, 0.1) is 4.90 Å². The molecule has 0 radical (unpaired) electrons. The van der Waals surface area contributed by atoms with Gasteiger partial charge in [0.25, 0.3) is 0 Å². The standard InChI is InChI=1S/C21H30N2O4S.ClH/c1-16-5-3-7-20(13-16)28(26,27)22(2)18-9-10-19(14-18)23-12-4-6-17(15-23)8-11-21(24)25;/h3,5,7,9-10,13,17-19H,4,6,8,11-12,14-15H2,1-2H3,(H,24,25);1H. The first-order valence-electron chi connectivity index (χ1n) is 9.96. The molecule has 3 unspecified atom stereocenters. The van der Waals surface area contributed by atoms with Crippen molar-refractivity contribution in [3.8, 4) is 0 Å². The third-order valence-electron chi connectivity index (χ3n) is 5.96. The summed E-state index contributed by atoms with van der Waals surface area (Å²) in [5.74, 6) is -0.327. The highest BCUT2D eigenvalue weighted by Crippen LogP contribution is 2.29. The molecule has 1 fully saturated rings. The number of hydrogen-bond acceptors (Lipinski definition) is 4. The van der Waals surface area contributed by atoms with Crippen LogP contribution in [0.15, 0.2) is 41.3 Å². The van der Waals surface area contributed by atoms with Crippen molar-refractivity contribution in [2.24, 2.45) is 5.92 Å². The van der Waals surface area contributed by atoms with Crippen LogP contribution >= 0.6 is 12.4 Å². The lowest BCUT2D eigenvalue weighted by Crippen LogP contribution is -2.43. The number of carboxylic acids is 1. The highest BCUT2D eigenvalue weighted by Gasteiger charge is 2.34. The van der Waals surface area contributed by atoms with Gasteiger partial charge < -0.3 is 5.11 Å². The van der Waals surface area contributed by atoms with Crippen LogP contribution in [0.3, 0.4) is 0 Å². The molecule has 2 aliphatic rings. The van der Waals surface area contributed by atoms with E-state index in [-0.39, 0.29) is 30.9 Å². The van der Waals surface area contributed by atoms with Gasteiger partial charge in [-0.25, -0.2) is 8.42 Å². The first kappa shape index (κ1) is 23.9. The summed E-state index contributed by atoms with van der Waals surface area (Å²) in [5.41, 5.74) is 0.926. The summed E-state index contributed by atoms with van der Waals surface area (Å²) >= 11 is 0. The van der Waals surface area contributed by atoms with Crippen molar-refractivity contribution in [3.05, 3.63) is 42.0 Å². The van der Waals surface area contributed by atoms with Crippen molar-refractivity contribution in [1.82, 2.24) is 9.21 Å². The van der Waals surface area contributed by atoms with Gasteiger partial charge in [-0.2, -0.15) is 4.31 Å². The third kappa shape index (κ3) is 5.81. The largest absolute Gasteiger partial charge is 0.481 e. The number of piperidine rings is 1. The zero-order chi connectivity index (χ0) is 20.3.